The van der Waals surface area contributed by atoms with E-state index in [1.165, 1.54) is 0 Å². The lowest BCUT2D eigenvalue weighted by atomic mass is 10.1. The van der Waals surface area contributed by atoms with Crippen LogP contribution < -0.4 is 5.32 Å². The number of carbonyl (C=O) groups is 1. The van der Waals surface area contributed by atoms with E-state index in [0.29, 0.717) is 6.42 Å². The van der Waals surface area contributed by atoms with Crippen LogP contribution in [-0.4, -0.2) is 30.4 Å². The molecule has 3 nitrogen and oxygen atoms in total. The second-order valence-corrected chi connectivity index (χ2v) is 5.23. The van der Waals surface area contributed by atoms with Crippen molar-refractivity contribution in [3.63, 3.8) is 0 Å². The Bertz CT molecular complexity index is 519. The van der Waals surface area contributed by atoms with Gasteiger partial charge in [0.1, 0.15) is 0 Å². The van der Waals surface area contributed by atoms with Gasteiger partial charge in [0, 0.05) is 0 Å². The molecule has 1 aliphatic rings. The summed E-state index contributed by atoms with van der Waals surface area (Å²) in [6, 6.07) is 2.56. The summed E-state index contributed by atoms with van der Waals surface area (Å²) in [5.74, 6) is -0.328. The molecule has 1 atom stereocenters. The predicted octanol–water partition coefficient (Wildman–Crippen LogP) is 3.39. The Labute approximate surface area is 119 Å². The van der Waals surface area contributed by atoms with Crippen LogP contribution in [0.25, 0.3) is 0 Å². The van der Waals surface area contributed by atoms with Crippen LogP contribution in [0, 0.1) is 0 Å². The number of hydrogen-bond acceptors (Lipinski definition) is 2. The fraction of sp³-hybridized carbons (Fsp3) is 0.462. The average molecular weight is 307 g/mol. The third-order valence-electron chi connectivity index (χ3n) is 3.37. The molecule has 0 aromatic heterocycles. The monoisotopic (exact) mass is 306 g/mol. The first-order valence-electron chi connectivity index (χ1n) is 6.17. The SMILES string of the molecule is CN1CCCC1C(=O)Nc1cc(C(F)(F)F)ccc1Cl. The van der Waals surface area contributed by atoms with Crippen molar-refractivity contribution in [2.75, 3.05) is 18.9 Å². The highest BCUT2D eigenvalue weighted by atomic mass is 35.5. The van der Waals surface area contributed by atoms with E-state index in [0.717, 1.165) is 31.2 Å². The van der Waals surface area contributed by atoms with Crippen molar-refractivity contribution < 1.29 is 18.0 Å². The molecule has 0 bridgehead atoms. The van der Waals surface area contributed by atoms with Crippen LogP contribution in [0.15, 0.2) is 18.2 Å². The number of benzene rings is 1. The van der Waals surface area contributed by atoms with E-state index < -0.39 is 11.7 Å². The van der Waals surface area contributed by atoms with Gasteiger partial charge in [-0.15, -0.1) is 0 Å². The molecular weight excluding hydrogens is 293 g/mol. The second-order valence-electron chi connectivity index (χ2n) is 4.82. The molecule has 1 aromatic carbocycles. The lowest BCUT2D eigenvalue weighted by Gasteiger charge is -2.19. The molecule has 1 amide bonds. The third kappa shape index (κ3) is 3.24. The van der Waals surface area contributed by atoms with Gasteiger partial charge in [-0.2, -0.15) is 13.2 Å². The van der Waals surface area contributed by atoms with Crippen LogP contribution in [0.4, 0.5) is 18.9 Å². The Balaban J connectivity index is 2.18. The zero-order valence-corrected chi connectivity index (χ0v) is 11.6. The highest BCUT2D eigenvalue weighted by Gasteiger charge is 2.32. The van der Waals surface area contributed by atoms with Crippen molar-refractivity contribution in [3.05, 3.63) is 28.8 Å². The first-order valence-corrected chi connectivity index (χ1v) is 6.54. The summed E-state index contributed by atoms with van der Waals surface area (Å²) >= 11 is 5.84. The van der Waals surface area contributed by atoms with Crippen molar-refractivity contribution >= 4 is 23.2 Å². The molecule has 1 N–H and O–H groups in total. The van der Waals surface area contributed by atoms with Gasteiger partial charge in [0.15, 0.2) is 0 Å². The fourth-order valence-corrected chi connectivity index (χ4v) is 2.42. The van der Waals surface area contributed by atoms with E-state index >= 15 is 0 Å². The summed E-state index contributed by atoms with van der Waals surface area (Å²) in [5, 5.41) is 2.57. The summed E-state index contributed by atoms with van der Waals surface area (Å²) in [6.07, 6.45) is -2.88. The smallest absolute Gasteiger partial charge is 0.323 e. The molecular formula is C13H14ClF3N2O. The first-order chi connectivity index (χ1) is 9.29. The molecule has 0 spiro atoms. The topological polar surface area (TPSA) is 32.3 Å². The summed E-state index contributed by atoms with van der Waals surface area (Å²) in [4.78, 5) is 13.9. The lowest BCUT2D eigenvalue weighted by Crippen LogP contribution is -2.37. The van der Waals surface area contributed by atoms with Crippen LogP contribution in [0.5, 0.6) is 0 Å². The molecule has 0 aliphatic carbocycles. The minimum Gasteiger partial charge on any atom is -0.323 e. The van der Waals surface area contributed by atoms with Gasteiger partial charge in [-0.25, -0.2) is 0 Å². The number of rotatable bonds is 2. The highest BCUT2D eigenvalue weighted by Crippen LogP contribution is 2.34. The van der Waals surface area contributed by atoms with Crippen LogP contribution in [-0.2, 0) is 11.0 Å². The summed E-state index contributed by atoms with van der Waals surface area (Å²) < 4.78 is 37.9. The number of amides is 1. The normalized spacial score (nSPS) is 20.1. The van der Waals surface area contributed by atoms with Crippen molar-refractivity contribution in [2.24, 2.45) is 0 Å². The van der Waals surface area contributed by atoms with E-state index in [1.807, 2.05) is 11.9 Å². The van der Waals surface area contributed by atoms with Gasteiger partial charge >= 0.3 is 6.18 Å². The molecule has 1 aliphatic heterocycles. The number of likely N-dealkylation sites (tertiary alicyclic amines) is 1. The van der Waals surface area contributed by atoms with Gasteiger partial charge in [0.05, 0.1) is 22.3 Å². The Hall–Kier alpha value is -1.27. The molecule has 110 valence electrons. The third-order valence-corrected chi connectivity index (χ3v) is 3.70. The second kappa shape index (κ2) is 5.61. The van der Waals surface area contributed by atoms with E-state index in [-0.39, 0.29) is 22.7 Å². The quantitative estimate of drug-likeness (QED) is 0.908. The largest absolute Gasteiger partial charge is 0.416 e. The number of carbonyl (C=O) groups excluding carboxylic acids is 1. The predicted molar refractivity (Wildman–Crippen MR) is 70.7 cm³/mol. The van der Waals surface area contributed by atoms with Gasteiger partial charge in [-0.3, -0.25) is 9.69 Å². The molecule has 1 aromatic rings. The zero-order valence-electron chi connectivity index (χ0n) is 10.8. The Kier molecular flexibility index (Phi) is 4.25. The number of likely N-dealkylation sites (N-methyl/N-ethyl adjacent to an activating group) is 1. The summed E-state index contributed by atoms with van der Waals surface area (Å²) in [7, 11) is 1.81. The number of nitrogens with one attached hydrogen (secondary N) is 1. The standard InChI is InChI=1S/C13H14ClF3N2O/c1-19-6-2-3-11(19)12(20)18-10-7-8(13(15,16)17)4-5-9(10)14/h4-5,7,11H,2-3,6H2,1H3,(H,18,20). The molecule has 0 radical (unpaired) electrons. The van der Waals surface area contributed by atoms with Crippen LogP contribution in [0.1, 0.15) is 18.4 Å². The molecule has 1 heterocycles. The van der Waals surface area contributed by atoms with E-state index in [2.05, 4.69) is 5.32 Å². The maximum Gasteiger partial charge on any atom is 0.416 e. The Morgan fingerprint density at radius 3 is 2.70 bits per heavy atom. The van der Waals surface area contributed by atoms with E-state index in [9.17, 15) is 18.0 Å². The highest BCUT2D eigenvalue weighted by molar-refractivity contribution is 6.33. The average Bonchev–Trinajstić information content (AvgIpc) is 2.77. The minimum atomic E-state index is -4.46. The summed E-state index contributed by atoms with van der Waals surface area (Å²) in [6.45, 7) is 0.800. The number of nitrogens with zero attached hydrogens (tertiary/aromatic N) is 1. The van der Waals surface area contributed by atoms with E-state index in [4.69, 9.17) is 11.6 Å². The van der Waals surface area contributed by atoms with E-state index in [1.54, 1.807) is 0 Å². The minimum absolute atomic E-state index is 0.00760. The van der Waals surface area contributed by atoms with Gasteiger partial charge < -0.3 is 5.32 Å². The van der Waals surface area contributed by atoms with Gasteiger partial charge in [0.25, 0.3) is 0 Å². The number of hydrogen-bond donors (Lipinski definition) is 1. The van der Waals surface area contributed by atoms with Crippen molar-refractivity contribution in [1.29, 1.82) is 0 Å². The van der Waals surface area contributed by atoms with Gasteiger partial charge in [-0.05, 0) is 44.6 Å². The molecule has 1 unspecified atom stereocenters. The number of halogens is 4. The maximum atomic E-state index is 12.6. The lowest BCUT2D eigenvalue weighted by molar-refractivity contribution is -0.137. The molecule has 1 fully saturated rings. The number of anilines is 1. The fourth-order valence-electron chi connectivity index (χ4n) is 2.25. The van der Waals surface area contributed by atoms with Crippen molar-refractivity contribution in [2.45, 2.75) is 25.1 Å². The van der Waals surface area contributed by atoms with Crippen molar-refractivity contribution in [1.82, 2.24) is 4.90 Å². The maximum absolute atomic E-state index is 12.6. The Morgan fingerprint density at radius 1 is 1.45 bits per heavy atom. The molecule has 2 rings (SSSR count). The first kappa shape index (κ1) is 15.1. The van der Waals surface area contributed by atoms with Crippen molar-refractivity contribution in [3.8, 4) is 0 Å². The molecule has 0 saturated carbocycles. The van der Waals surface area contributed by atoms with Crippen LogP contribution in [0.2, 0.25) is 5.02 Å². The van der Waals surface area contributed by atoms with Gasteiger partial charge in [-0.1, -0.05) is 11.6 Å². The molecule has 1 saturated heterocycles. The number of alkyl halides is 3. The molecule has 20 heavy (non-hydrogen) atoms. The van der Waals surface area contributed by atoms with Gasteiger partial charge in [0.2, 0.25) is 5.91 Å². The summed E-state index contributed by atoms with van der Waals surface area (Å²) in [5.41, 5.74) is -0.844. The molecule has 7 heteroatoms. The van der Waals surface area contributed by atoms with Crippen LogP contribution >= 0.6 is 11.6 Å². The zero-order chi connectivity index (χ0) is 14.9. The van der Waals surface area contributed by atoms with Crippen LogP contribution in [0.3, 0.4) is 0 Å². The Morgan fingerprint density at radius 2 is 2.15 bits per heavy atom.